The van der Waals surface area contributed by atoms with E-state index in [0.29, 0.717) is 0 Å². The van der Waals surface area contributed by atoms with Crippen LogP contribution < -0.4 is 0 Å². The highest BCUT2D eigenvalue weighted by atomic mass is 19.1. The average Bonchev–Trinajstić information content (AvgIpc) is 2.35. The van der Waals surface area contributed by atoms with Crippen LogP contribution in [0.4, 0.5) is 8.78 Å². The van der Waals surface area contributed by atoms with Gasteiger partial charge in [0.15, 0.2) is 5.78 Å². The Morgan fingerprint density at radius 2 is 1.76 bits per heavy atom. The first-order valence-electron chi connectivity index (χ1n) is 5.00. The number of halogens is 2. The fourth-order valence-corrected chi connectivity index (χ4v) is 1.51. The van der Waals surface area contributed by atoms with Crippen molar-refractivity contribution in [2.24, 2.45) is 0 Å². The smallest absolute Gasteiger partial charge is 0.199 e. The molecular formula is C13H9F2NO. The second-order valence-electron chi connectivity index (χ2n) is 3.62. The minimum absolute atomic E-state index is 0.211. The number of benzene rings is 1. The van der Waals surface area contributed by atoms with Gasteiger partial charge in [0.25, 0.3) is 0 Å². The predicted octanol–water partition coefficient (Wildman–Crippen LogP) is 2.90. The minimum Gasteiger partial charge on any atom is -0.288 e. The number of pyridine rings is 1. The van der Waals surface area contributed by atoms with Gasteiger partial charge in [-0.05, 0) is 30.7 Å². The topological polar surface area (TPSA) is 30.0 Å². The molecule has 2 nitrogen and oxygen atoms in total. The third kappa shape index (κ3) is 2.06. The first kappa shape index (κ1) is 11.4. The lowest BCUT2D eigenvalue weighted by molar-refractivity contribution is 0.103. The van der Waals surface area contributed by atoms with Crippen molar-refractivity contribution in [1.82, 2.24) is 4.98 Å². The zero-order valence-corrected chi connectivity index (χ0v) is 9.08. The molecule has 0 atom stereocenters. The summed E-state index contributed by atoms with van der Waals surface area (Å²) in [7, 11) is 0. The summed E-state index contributed by atoms with van der Waals surface area (Å²) < 4.78 is 27.2. The standard InChI is InChI=1S/C13H9F2NO/c1-8-2-3-10(14)11(12(8)15)13(17)9-4-6-16-7-5-9/h2-7H,1H3. The van der Waals surface area contributed by atoms with Crippen LogP contribution in [0.15, 0.2) is 36.7 Å². The van der Waals surface area contributed by atoms with E-state index < -0.39 is 23.0 Å². The number of hydrogen-bond acceptors (Lipinski definition) is 2. The normalized spacial score (nSPS) is 10.3. The summed E-state index contributed by atoms with van der Waals surface area (Å²) in [5, 5.41) is 0. The number of carbonyl (C=O) groups is 1. The first-order valence-corrected chi connectivity index (χ1v) is 5.00. The number of ketones is 1. The largest absolute Gasteiger partial charge is 0.288 e. The molecule has 17 heavy (non-hydrogen) atoms. The second kappa shape index (κ2) is 4.41. The van der Waals surface area contributed by atoms with Crippen molar-refractivity contribution in [3.63, 3.8) is 0 Å². The van der Waals surface area contributed by atoms with Gasteiger partial charge >= 0.3 is 0 Å². The third-order valence-corrected chi connectivity index (χ3v) is 2.45. The molecule has 1 aromatic carbocycles. The zero-order valence-electron chi connectivity index (χ0n) is 9.08. The number of rotatable bonds is 2. The van der Waals surface area contributed by atoms with Crippen molar-refractivity contribution in [3.05, 3.63) is 65.0 Å². The maximum absolute atomic E-state index is 13.7. The number of carbonyl (C=O) groups excluding carboxylic acids is 1. The van der Waals surface area contributed by atoms with Gasteiger partial charge in [-0.15, -0.1) is 0 Å². The van der Waals surface area contributed by atoms with Crippen LogP contribution in [0.3, 0.4) is 0 Å². The molecule has 0 unspecified atom stereocenters. The lowest BCUT2D eigenvalue weighted by Crippen LogP contribution is -2.08. The van der Waals surface area contributed by atoms with Gasteiger partial charge in [-0.2, -0.15) is 0 Å². The molecule has 0 saturated heterocycles. The van der Waals surface area contributed by atoms with E-state index in [-0.39, 0.29) is 11.1 Å². The highest BCUT2D eigenvalue weighted by molar-refractivity contribution is 6.09. The third-order valence-electron chi connectivity index (χ3n) is 2.45. The molecular weight excluding hydrogens is 224 g/mol. The molecule has 0 spiro atoms. The van der Waals surface area contributed by atoms with E-state index in [0.717, 1.165) is 6.07 Å². The van der Waals surface area contributed by atoms with E-state index in [9.17, 15) is 13.6 Å². The van der Waals surface area contributed by atoms with E-state index in [1.54, 1.807) is 0 Å². The molecule has 0 radical (unpaired) electrons. The summed E-state index contributed by atoms with van der Waals surface area (Å²) in [5.41, 5.74) is -0.0663. The van der Waals surface area contributed by atoms with Gasteiger partial charge in [-0.1, -0.05) is 6.07 Å². The van der Waals surface area contributed by atoms with E-state index >= 15 is 0 Å². The van der Waals surface area contributed by atoms with Crippen LogP contribution in [0, 0.1) is 18.6 Å². The Morgan fingerprint density at radius 3 is 2.41 bits per heavy atom. The number of hydrogen-bond donors (Lipinski definition) is 0. The van der Waals surface area contributed by atoms with Gasteiger partial charge < -0.3 is 0 Å². The molecule has 86 valence electrons. The number of aryl methyl sites for hydroxylation is 1. The fraction of sp³-hybridized carbons (Fsp3) is 0.0769. The van der Waals surface area contributed by atoms with Crippen LogP contribution in [0.5, 0.6) is 0 Å². The van der Waals surface area contributed by atoms with Crippen LogP contribution >= 0.6 is 0 Å². The first-order chi connectivity index (χ1) is 8.11. The van der Waals surface area contributed by atoms with Crippen molar-refractivity contribution >= 4 is 5.78 Å². The SMILES string of the molecule is Cc1ccc(F)c(C(=O)c2ccncc2)c1F. The molecule has 1 heterocycles. The Kier molecular flexibility index (Phi) is 2.95. The lowest BCUT2D eigenvalue weighted by atomic mass is 10.0. The maximum atomic E-state index is 13.7. The number of aromatic nitrogens is 1. The Morgan fingerprint density at radius 1 is 1.12 bits per heavy atom. The van der Waals surface area contributed by atoms with Crippen molar-refractivity contribution in [2.75, 3.05) is 0 Å². The van der Waals surface area contributed by atoms with Crippen molar-refractivity contribution in [1.29, 1.82) is 0 Å². The van der Waals surface area contributed by atoms with Crippen LogP contribution in [-0.2, 0) is 0 Å². The Labute approximate surface area is 96.9 Å². The summed E-state index contributed by atoms with van der Waals surface area (Å²) in [6.07, 6.45) is 2.80. The molecule has 0 aliphatic rings. The minimum atomic E-state index is -0.852. The molecule has 0 aliphatic heterocycles. The Balaban J connectivity index is 2.56. The van der Waals surface area contributed by atoms with Crippen LogP contribution in [-0.4, -0.2) is 10.8 Å². The monoisotopic (exact) mass is 233 g/mol. The van der Waals surface area contributed by atoms with Gasteiger partial charge in [-0.3, -0.25) is 9.78 Å². The van der Waals surface area contributed by atoms with Gasteiger partial charge in [0.2, 0.25) is 0 Å². The van der Waals surface area contributed by atoms with Crippen LogP contribution in [0.1, 0.15) is 21.5 Å². The second-order valence-corrected chi connectivity index (χ2v) is 3.62. The van der Waals surface area contributed by atoms with Crippen LogP contribution in [0.25, 0.3) is 0 Å². The van der Waals surface area contributed by atoms with Gasteiger partial charge in [0, 0.05) is 18.0 Å². The molecule has 0 amide bonds. The van der Waals surface area contributed by atoms with E-state index in [1.165, 1.54) is 37.5 Å². The number of nitrogens with zero attached hydrogens (tertiary/aromatic N) is 1. The van der Waals surface area contributed by atoms with E-state index in [4.69, 9.17) is 0 Å². The molecule has 2 aromatic rings. The van der Waals surface area contributed by atoms with Crippen molar-refractivity contribution in [3.8, 4) is 0 Å². The van der Waals surface area contributed by atoms with Gasteiger partial charge in [0.1, 0.15) is 11.6 Å². The molecule has 0 fully saturated rings. The molecule has 0 aliphatic carbocycles. The highest BCUT2D eigenvalue weighted by Gasteiger charge is 2.20. The summed E-state index contributed by atoms with van der Waals surface area (Å²) in [6.45, 7) is 1.48. The molecule has 0 bridgehead atoms. The molecule has 2 rings (SSSR count). The average molecular weight is 233 g/mol. The summed E-state index contributed by atoms with van der Waals surface area (Å²) in [6, 6.07) is 5.23. The van der Waals surface area contributed by atoms with Gasteiger partial charge in [0.05, 0.1) is 5.56 Å². The fourth-order valence-electron chi connectivity index (χ4n) is 1.51. The Bertz CT molecular complexity index is 567. The Hall–Kier alpha value is -2.10. The molecule has 0 N–H and O–H groups in total. The van der Waals surface area contributed by atoms with E-state index in [1.807, 2.05) is 0 Å². The van der Waals surface area contributed by atoms with E-state index in [2.05, 4.69) is 4.98 Å². The lowest BCUT2D eigenvalue weighted by Gasteiger charge is -2.06. The van der Waals surface area contributed by atoms with Gasteiger partial charge in [-0.25, -0.2) is 8.78 Å². The highest BCUT2D eigenvalue weighted by Crippen LogP contribution is 2.19. The van der Waals surface area contributed by atoms with Crippen molar-refractivity contribution < 1.29 is 13.6 Å². The summed E-state index contributed by atoms with van der Waals surface area (Å²) >= 11 is 0. The maximum Gasteiger partial charge on any atom is 0.199 e. The quantitative estimate of drug-likeness (QED) is 0.746. The zero-order chi connectivity index (χ0) is 12.4. The summed E-state index contributed by atoms with van der Waals surface area (Å²) in [5.74, 6) is -2.34. The molecule has 0 saturated carbocycles. The summed E-state index contributed by atoms with van der Waals surface area (Å²) in [4.78, 5) is 15.7. The molecule has 4 heteroatoms. The van der Waals surface area contributed by atoms with Crippen molar-refractivity contribution in [2.45, 2.75) is 6.92 Å². The predicted molar refractivity (Wildman–Crippen MR) is 58.8 cm³/mol. The van der Waals surface area contributed by atoms with Crippen LogP contribution in [0.2, 0.25) is 0 Å². The molecule has 1 aromatic heterocycles.